The number of likely N-dealkylation sites (N-methyl/N-ethyl adjacent to an activating group) is 1. The van der Waals surface area contributed by atoms with Crippen molar-refractivity contribution in [1.82, 2.24) is 19.8 Å². The molecule has 2 aromatic heterocycles. The second-order valence-electron chi connectivity index (χ2n) is 10.1. The number of carbonyl (C=O) groups excluding carboxylic acids is 2. The number of fused-ring (bicyclic) bond motifs is 1. The predicted octanol–water partition coefficient (Wildman–Crippen LogP) is 5.50. The Bertz CT molecular complexity index is 1690. The van der Waals surface area contributed by atoms with E-state index in [0.29, 0.717) is 17.7 Å². The zero-order chi connectivity index (χ0) is 29.1. The van der Waals surface area contributed by atoms with Crippen molar-refractivity contribution in [2.45, 2.75) is 27.7 Å². The number of aromatic amines is 1. The third-order valence-corrected chi connectivity index (χ3v) is 8.52. The maximum atomic E-state index is 13.1. The van der Waals surface area contributed by atoms with Gasteiger partial charge in [0, 0.05) is 48.2 Å². The zero-order valence-electron chi connectivity index (χ0n) is 24.2. The van der Waals surface area contributed by atoms with Crippen molar-refractivity contribution >= 4 is 46.2 Å². The molecule has 1 aliphatic rings. The minimum atomic E-state index is -0.163. The minimum Gasteiger partial charge on any atom is -0.358 e. The molecule has 41 heavy (non-hydrogen) atoms. The van der Waals surface area contributed by atoms with Crippen LogP contribution in [0.5, 0.6) is 0 Å². The molecule has 5 rings (SSSR count). The number of nitrogens with one attached hydrogen (secondary N) is 3. The van der Waals surface area contributed by atoms with E-state index < -0.39 is 0 Å². The summed E-state index contributed by atoms with van der Waals surface area (Å²) in [5.74, 6) is -0.267. The zero-order valence-corrected chi connectivity index (χ0v) is 25.0. The van der Waals surface area contributed by atoms with E-state index in [0.717, 1.165) is 69.6 Å². The highest BCUT2D eigenvalue weighted by Crippen LogP contribution is 2.37. The Morgan fingerprint density at radius 3 is 2.61 bits per heavy atom. The van der Waals surface area contributed by atoms with E-state index in [1.807, 2.05) is 75.5 Å². The fourth-order valence-corrected chi connectivity index (χ4v) is 6.12. The molecule has 3 heterocycles. The number of aryl methyl sites for hydroxylation is 1. The van der Waals surface area contributed by atoms with E-state index in [4.69, 9.17) is 4.99 Å². The lowest BCUT2D eigenvalue weighted by Gasteiger charge is -2.18. The van der Waals surface area contributed by atoms with Crippen LogP contribution < -0.4 is 15.4 Å². The van der Waals surface area contributed by atoms with Gasteiger partial charge in [-0.15, -0.1) is 11.3 Å². The van der Waals surface area contributed by atoms with Gasteiger partial charge in [-0.2, -0.15) is 0 Å². The first kappa shape index (κ1) is 28.3. The van der Waals surface area contributed by atoms with Crippen molar-refractivity contribution in [2.75, 3.05) is 31.5 Å². The van der Waals surface area contributed by atoms with E-state index >= 15 is 0 Å². The van der Waals surface area contributed by atoms with E-state index in [2.05, 4.69) is 44.3 Å². The molecule has 3 N–H and O–H groups in total. The molecule has 1 aliphatic heterocycles. The van der Waals surface area contributed by atoms with Gasteiger partial charge in [0.2, 0.25) is 0 Å². The topological polar surface area (TPSA) is 94.5 Å². The van der Waals surface area contributed by atoms with Crippen LogP contribution in [-0.2, 0) is 11.8 Å². The molecule has 0 bridgehead atoms. The van der Waals surface area contributed by atoms with E-state index in [1.54, 1.807) is 11.3 Å². The average Bonchev–Trinajstić information content (AvgIpc) is 3.58. The molecule has 2 amide bonds. The molecule has 0 saturated carbocycles. The molecule has 0 unspecified atom stereocenters. The van der Waals surface area contributed by atoms with Crippen molar-refractivity contribution < 1.29 is 9.59 Å². The fourth-order valence-electron chi connectivity index (χ4n) is 5.20. The van der Waals surface area contributed by atoms with Crippen LogP contribution in [0, 0.1) is 13.8 Å². The van der Waals surface area contributed by atoms with Crippen LogP contribution in [-0.4, -0.2) is 52.4 Å². The Balaban J connectivity index is 1.43. The van der Waals surface area contributed by atoms with E-state index in [1.165, 1.54) is 0 Å². The number of H-pyrrole nitrogens is 1. The Labute approximate surface area is 244 Å². The number of rotatable bonds is 9. The highest BCUT2D eigenvalue weighted by molar-refractivity contribution is 7.07. The number of hydrogen-bond donors (Lipinski definition) is 3. The van der Waals surface area contributed by atoms with Gasteiger partial charge in [-0.3, -0.25) is 9.59 Å². The summed E-state index contributed by atoms with van der Waals surface area (Å²) in [4.78, 5) is 37.4. The number of aromatic nitrogens is 2. The first-order valence-corrected chi connectivity index (χ1v) is 14.8. The van der Waals surface area contributed by atoms with Gasteiger partial charge in [-0.05, 0) is 68.4 Å². The largest absolute Gasteiger partial charge is 0.358 e. The molecule has 212 valence electrons. The third-order valence-electron chi connectivity index (χ3n) is 7.60. The van der Waals surface area contributed by atoms with Gasteiger partial charge in [0.05, 0.1) is 22.5 Å². The Morgan fingerprint density at radius 2 is 1.88 bits per heavy atom. The summed E-state index contributed by atoms with van der Waals surface area (Å²) in [5, 5.41) is 8.12. The molecular formula is C32H36N6O2S. The lowest BCUT2D eigenvalue weighted by molar-refractivity contribution is -0.110. The van der Waals surface area contributed by atoms with Crippen molar-refractivity contribution in [1.29, 1.82) is 0 Å². The summed E-state index contributed by atoms with van der Waals surface area (Å²) in [6.45, 7) is 11.3. The van der Waals surface area contributed by atoms with Gasteiger partial charge in [0.25, 0.3) is 11.8 Å². The van der Waals surface area contributed by atoms with Crippen LogP contribution in [0.3, 0.4) is 0 Å². The number of nitrogens with zero attached hydrogens (tertiary/aromatic N) is 3. The molecule has 0 aliphatic carbocycles. The SMILES string of the molecule is CCN(CC)CCNC(=O)c1c(C)[nH]c(/C=C2\C(=O)Nc3ccc(-c4csc(=Nc5ccccc5)n4C)cc32)c1C. The van der Waals surface area contributed by atoms with Crippen molar-refractivity contribution in [2.24, 2.45) is 12.0 Å². The molecule has 0 radical (unpaired) electrons. The monoisotopic (exact) mass is 568 g/mol. The molecule has 9 heteroatoms. The molecular weight excluding hydrogens is 532 g/mol. The molecule has 8 nitrogen and oxygen atoms in total. The number of para-hydroxylation sites is 1. The first-order valence-electron chi connectivity index (χ1n) is 13.9. The maximum Gasteiger partial charge on any atom is 0.256 e. The molecule has 0 spiro atoms. The van der Waals surface area contributed by atoms with E-state index in [9.17, 15) is 9.59 Å². The van der Waals surface area contributed by atoms with Crippen molar-refractivity contribution in [3.05, 3.63) is 86.8 Å². The first-order chi connectivity index (χ1) is 19.8. The van der Waals surface area contributed by atoms with Crippen LogP contribution in [0.15, 0.2) is 58.9 Å². The molecule has 4 aromatic rings. The van der Waals surface area contributed by atoms with Gasteiger partial charge in [-0.25, -0.2) is 4.99 Å². The molecule has 0 fully saturated rings. The molecule has 0 saturated heterocycles. The second kappa shape index (κ2) is 12.1. The number of thiazole rings is 1. The summed E-state index contributed by atoms with van der Waals surface area (Å²) in [5.41, 5.74) is 8.06. The Kier molecular flexibility index (Phi) is 8.37. The number of anilines is 1. The summed E-state index contributed by atoms with van der Waals surface area (Å²) in [6, 6.07) is 15.9. The van der Waals surface area contributed by atoms with E-state index in [-0.39, 0.29) is 11.8 Å². The number of carbonyl (C=O) groups is 2. The van der Waals surface area contributed by atoms with Crippen LogP contribution >= 0.6 is 11.3 Å². The van der Waals surface area contributed by atoms with Crippen molar-refractivity contribution in [3.8, 4) is 11.3 Å². The van der Waals surface area contributed by atoms with Gasteiger partial charge in [-0.1, -0.05) is 38.1 Å². The molecule has 0 atom stereocenters. The number of benzene rings is 2. The van der Waals surface area contributed by atoms with Crippen LogP contribution in [0.4, 0.5) is 11.4 Å². The quantitative estimate of drug-likeness (QED) is 0.233. The standard InChI is InChI=1S/C32H36N6O2S/c1-6-38(7-2)16-15-33-31(40)29-20(3)27(34-21(29)4)18-25-24-17-22(13-14-26(24)36-30(25)39)28-19-41-32(37(28)5)35-23-11-9-8-10-12-23/h8-14,17-19,34H,6-7,15-16H2,1-5H3,(H,33,40)(H,36,39)/b25-18-,35-32?. The maximum absolute atomic E-state index is 13.1. The number of amides is 2. The van der Waals surface area contributed by atoms with Gasteiger partial charge in [0.1, 0.15) is 0 Å². The number of hydrogen-bond acceptors (Lipinski definition) is 5. The second-order valence-corrected chi connectivity index (χ2v) is 11.0. The van der Waals surface area contributed by atoms with Gasteiger partial charge in [0.15, 0.2) is 4.80 Å². The Hall–Kier alpha value is -4.21. The fraction of sp³-hybridized carbons (Fsp3) is 0.281. The third kappa shape index (κ3) is 5.82. The van der Waals surface area contributed by atoms with Gasteiger partial charge >= 0.3 is 0 Å². The lowest BCUT2D eigenvalue weighted by atomic mass is 10.0. The smallest absolute Gasteiger partial charge is 0.256 e. The minimum absolute atomic E-state index is 0.103. The van der Waals surface area contributed by atoms with Crippen molar-refractivity contribution in [3.63, 3.8) is 0 Å². The van der Waals surface area contributed by atoms with Crippen LogP contribution in [0.1, 0.15) is 46.7 Å². The highest BCUT2D eigenvalue weighted by Gasteiger charge is 2.26. The summed E-state index contributed by atoms with van der Waals surface area (Å²) in [6.07, 6.45) is 1.85. The van der Waals surface area contributed by atoms with Crippen LogP contribution in [0.25, 0.3) is 22.9 Å². The Morgan fingerprint density at radius 1 is 1.12 bits per heavy atom. The predicted molar refractivity (Wildman–Crippen MR) is 167 cm³/mol. The average molecular weight is 569 g/mol. The summed E-state index contributed by atoms with van der Waals surface area (Å²) >= 11 is 1.58. The lowest BCUT2D eigenvalue weighted by Crippen LogP contribution is -2.35. The normalized spacial score (nSPS) is 14.1. The summed E-state index contributed by atoms with van der Waals surface area (Å²) < 4.78 is 2.07. The highest BCUT2D eigenvalue weighted by atomic mass is 32.1. The molecule has 2 aromatic carbocycles. The van der Waals surface area contributed by atoms with Crippen LogP contribution in [0.2, 0.25) is 0 Å². The summed E-state index contributed by atoms with van der Waals surface area (Å²) in [7, 11) is 2.00. The van der Waals surface area contributed by atoms with Gasteiger partial charge < -0.3 is 25.1 Å².